The van der Waals surface area contributed by atoms with Crippen molar-refractivity contribution in [2.75, 3.05) is 24.5 Å². The second-order valence-corrected chi connectivity index (χ2v) is 5.90. The molecule has 0 fully saturated rings. The van der Waals surface area contributed by atoms with Crippen molar-refractivity contribution < 1.29 is 0 Å². The van der Waals surface area contributed by atoms with E-state index >= 15 is 0 Å². The van der Waals surface area contributed by atoms with Gasteiger partial charge in [-0.2, -0.15) is 0 Å². The van der Waals surface area contributed by atoms with E-state index in [0.29, 0.717) is 12.5 Å². The van der Waals surface area contributed by atoms with Crippen molar-refractivity contribution in [3.05, 3.63) is 29.0 Å². The van der Waals surface area contributed by atoms with E-state index in [1.807, 2.05) is 24.5 Å². The first-order valence-corrected chi connectivity index (χ1v) is 7.26. The first-order chi connectivity index (χ1) is 9.11. The summed E-state index contributed by atoms with van der Waals surface area (Å²) in [6.45, 7) is 6.84. The molecule has 0 unspecified atom stereocenters. The van der Waals surface area contributed by atoms with Crippen LogP contribution in [0.4, 0.5) is 5.69 Å². The molecule has 0 spiro atoms. The fraction of sp³-hybridized carbons (Fsp3) is 0.429. The van der Waals surface area contributed by atoms with Crippen molar-refractivity contribution in [3.8, 4) is 0 Å². The van der Waals surface area contributed by atoms with Crippen molar-refractivity contribution in [2.45, 2.75) is 13.8 Å². The highest BCUT2D eigenvalue weighted by atomic mass is 79.9. The lowest BCUT2D eigenvalue weighted by molar-refractivity contribution is 0.612. The molecular weight excluding hydrogens is 304 g/mol. The largest absolute Gasteiger partial charge is 0.368 e. The van der Waals surface area contributed by atoms with Gasteiger partial charge in [-0.15, -0.1) is 0 Å². The lowest BCUT2D eigenvalue weighted by Gasteiger charge is -2.26. The highest BCUT2D eigenvalue weighted by molar-refractivity contribution is 9.10. The second-order valence-electron chi connectivity index (χ2n) is 4.98. The van der Waals surface area contributed by atoms with E-state index in [-0.39, 0.29) is 0 Å². The number of aromatic nitrogens is 2. The number of nitrogens with two attached hydrogens (primary N) is 1. The van der Waals surface area contributed by atoms with Gasteiger partial charge in [-0.25, -0.2) is 0 Å². The molecule has 0 aliphatic heterocycles. The molecule has 0 aliphatic rings. The fourth-order valence-electron chi connectivity index (χ4n) is 2.15. The first-order valence-electron chi connectivity index (χ1n) is 6.47. The zero-order valence-corrected chi connectivity index (χ0v) is 12.9. The molecule has 0 saturated heterocycles. The Morgan fingerprint density at radius 3 is 2.84 bits per heavy atom. The van der Waals surface area contributed by atoms with E-state index in [9.17, 15) is 0 Å². The predicted octanol–water partition coefficient (Wildman–Crippen LogP) is 2.81. The average Bonchev–Trinajstić information content (AvgIpc) is 2.36. The minimum atomic E-state index is 0.574. The summed E-state index contributed by atoms with van der Waals surface area (Å²) in [5, 5.41) is 0. The highest BCUT2D eigenvalue weighted by Crippen LogP contribution is 2.25. The molecule has 4 nitrogen and oxygen atoms in total. The van der Waals surface area contributed by atoms with Crippen LogP contribution in [0.25, 0.3) is 11.0 Å². The lowest BCUT2D eigenvalue weighted by atomic mass is 10.1. The number of halogens is 1. The summed E-state index contributed by atoms with van der Waals surface area (Å²) in [5.74, 6) is 0.574. The van der Waals surface area contributed by atoms with Crippen LogP contribution in [0, 0.1) is 5.92 Å². The van der Waals surface area contributed by atoms with Crippen LogP contribution in [-0.4, -0.2) is 29.6 Å². The van der Waals surface area contributed by atoms with Crippen LogP contribution in [0.5, 0.6) is 0 Å². The van der Waals surface area contributed by atoms with Gasteiger partial charge in [-0.05, 0) is 34.0 Å². The van der Waals surface area contributed by atoms with E-state index < -0.39 is 0 Å². The molecule has 0 amide bonds. The standard InChI is InChI=1S/C14H19BrN4/c1-10(2)9-19(6-4-16)13-3-5-17-12-7-11(15)8-18-14(12)13/h3,5,7-8,10H,4,6,9,16H2,1-2H3. The minimum absolute atomic E-state index is 0.574. The van der Waals surface area contributed by atoms with Gasteiger partial charge in [0.1, 0.15) is 5.52 Å². The molecule has 0 radical (unpaired) electrons. The Morgan fingerprint density at radius 1 is 1.37 bits per heavy atom. The molecule has 0 aliphatic carbocycles. The van der Waals surface area contributed by atoms with Gasteiger partial charge in [0.05, 0.1) is 11.2 Å². The molecule has 2 heterocycles. The Bertz CT molecular complexity index is 556. The summed E-state index contributed by atoms with van der Waals surface area (Å²) in [7, 11) is 0. The molecule has 0 bridgehead atoms. The zero-order valence-electron chi connectivity index (χ0n) is 11.3. The molecule has 19 heavy (non-hydrogen) atoms. The van der Waals surface area contributed by atoms with E-state index in [1.54, 1.807) is 0 Å². The van der Waals surface area contributed by atoms with Crippen molar-refractivity contribution in [1.82, 2.24) is 9.97 Å². The molecule has 2 rings (SSSR count). The third-order valence-corrected chi connectivity index (χ3v) is 3.28. The Morgan fingerprint density at radius 2 is 2.16 bits per heavy atom. The smallest absolute Gasteiger partial charge is 0.112 e. The number of anilines is 1. The summed E-state index contributed by atoms with van der Waals surface area (Å²) >= 11 is 3.43. The number of pyridine rings is 2. The third kappa shape index (κ3) is 3.42. The number of nitrogens with zero attached hydrogens (tertiary/aromatic N) is 3. The van der Waals surface area contributed by atoms with Gasteiger partial charge >= 0.3 is 0 Å². The summed E-state index contributed by atoms with van der Waals surface area (Å²) in [5.41, 5.74) is 8.66. The summed E-state index contributed by atoms with van der Waals surface area (Å²) in [6, 6.07) is 4.00. The summed E-state index contributed by atoms with van der Waals surface area (Å²) < 4.78 is 0.943. The Hall–Kier alpha value is -1.20. The topological polar surface area (TPSA) is 55.0 Å². The summed E-state index contributed by atoms with van der Waals surface area (Å²) in [4.78, 5) is 11.2. The normalized spacial score (nSPS) is 11.2. The third-order valence-electron chi connectivity index (χ3n) is 2.85. The maximum absolute atomic E-state index is 5.73. The van der Waals surface area contributed by atoms with E-state index in [2.05, 4.69) is 44.6 Å². The molecular formula is C14H19BrN4. The molecule has 0 atom stereocenters. The molecule has 2 aromatic heterocycles. The van der Waals surface area contributed by atoms with Crippen LogP contribution in [-0.2, 0) is 0 Å². The van der Waals surface area contributed by atoms with E-state index in [4.69, 9.17) is 5.73 Å². The van der Waals surface area contributed by atoms with Crippen molar-refractivity contribution in [2.24, 2.45) is 11.7 Å². The van der Waals surface area contributed by atoms with Gasteiger partial charge in [-0.1, -0.05) is 13.8 Å². The monoisotopic (exact) mass is 322 g/mol. The van der Waals surface area contributed by atoms with Crippen LogP contribution >= 0.6 is 15.9 Å². The predicted molar refractivity (Wildman–Crippen MR) is 83.3 cm³/mol. The van der Waals surface area contributed by atoms with Gasteiger partial charge in [0, 0.05) is 36.5 Å². The van der Waals surface area contributed by atoms with Gasteiger partial charge in [0.15, 0.2) is 0 Å². The van der Waals surface area contributed by atoms with Gasteiger partial charge < -0.3 is 10.6 Å². The molecule has 102 valence electrons. The quantitative estimate of drug-likeness (QED) is 0.919. The van der Waals surface area contributed by atoms with Crippen molar-refractivity contribution in [3.63, 3.8) is 0 Å². The number of rotatable bonds is 5. The Balaban J connectivity index is 2.46. The van der Waals surface area contributed by atoms with Crippen LogP contribution in [0.15, 0.2) is 29.0 Å². The van der Waals surface area contributed by atoms with Crippen molar-refractivity contribution in [1.29, 1.82) is 0 Å². The number of hydrogen-bond donors (Lipinski definition) is 1. The maximum atomic E-state index is 5.73. The van der Waals surface area contributed by atoms with Crippen LogP contribution in [0.3, 0.4) is 0 Å². The van der Waals surface area contributed by atoms with E-state index in [1.165, 1.54) is 0 Å². The number of fused-ring (bicyclic) bond motifs is 1. The second kappa shape index (κ2) is 6.30. The fourth-order valence-corrected chi connectivity index (χ4v) is 2.47. The van der Waals surface area contributed by atoms with Crippen LogP contribution in [0.1, 0.15) is 13.8 Å². The van der Waals surface area contributed by atoms with Crippen molar-refractivity contribution >= 4 is 32.7 Å². The maximum Gasteiger partial charge on any atom is 0.112 e. The molecule has 2 N–H and O–H groups in total. The number of hydrogen-bond acceptors (Lipinski definition) is 4. The zero-order chi connectivity index (χ0) is 13.8. The molecule has 0 aromatic carbocycles. The van der Waals surface area contributed by atoms with Crippen LogP contribution < -0.4 is 10.6 Å². The van der Waals surface area contributed by atoms with Crippen LogP contribution in [0.2, 0.25) is 0 Å². The first kappa shape index (κ1) is 14.2. The van der Waals surface area contributed by atoms with Gasteiger partial charge in [-0.3, -0.25) is 9.97 Å². The Labute approximate surface area is 122 Å². The molecule has 0 saturated carbocycles. The average molecular weight is 323 g/mol. The molecule has 5 heteroatoms. The Kier molecular flexibility index (Phi) is 4.71. The van der Waals surface area contributed by atoms with E-state index in [0.717, 1.165) is 34.3 Å². The summed E-state index contributed by atoms with van der Waals surface area (Å²) in [6.07, 6.45) is 3.64. The SMILES string of the molecule is CC(C)CN(CCN)c1ccnc2cc(Br)cnc12. The van der Waals surface area contributed by atoms with Gasteiger partial charge in [0.2, 0.25) is 0 Å². The highest BCUT2D eigenvalue weighted by Gasteiger charge is 2.12. The minimum Gasteiger partial charge on any atom is -0.368 e. The molecule has 2 aromatic rings. The lowest BCUT2D eigenvalue weighted by Crippen LogP contribution is -2.32. The van der Waals surface area contributed by atoms with Gasteiger partial charge in [0.25, 0.3) is 0 Å².